The molecule has 0 atom stereocenters. The van der Waals surface area contributed by atoms with Crippen LogP contribution in [0.3, 0.4) is 0 Å². The average molecular weight is 318 g/mol. The molecule has 21 heavy (non-hydrogen) atoms. The molecule has 3 aromatic rings. The van der Waals surface area contributed by atoms with Crippen LogP contribution in [0.5, 0.6) is 0 Å². The second-order valence-electron chi connectivity index (χ2n) is 4.56. The Hall–Kier alpha value is -2.04. The first-order valence-electron chi connectivity index (χ1n) is 6.32. The van der Waals surface area contributed by atoms with Gasteiger partial charge in [0, 0.05) is 21.0 Å². The monoisotopic (exact) mass is 317 g/mol. The Morgan fingerprint density at radius 1 is 1.24 bits per heavy atom. The third kappa shape index (κ3) is 2.86. The fraction of sp³-hybridized carbons (Fsp3) is 0.0625. The number of benzene rings is 2. The van der Waals surface area contributed by atoms with Crippen LogP contribution in [-0.4, -0.2) is 5.97 Å². The van der Waals surface area contributed by atoms with Crippen molar-refractivity contribution in [2.24, 2.45) is 0 Å². The summed E-state index contributed by atoms with van der Waals surface area (Å²) in [5.41, 5.74) is 7.42. The molecule has 2 N–H and O–H groups in total. The molecule has 0 unspecified atom stereocenters. The predicted octanol–water partition coefficient (Wildman–Crippen LogP) is 4.49. The number of fused-ring (bicyclic) bond motifs is 1. The quantitative estimate of drug-likeness (QED) is 0.572. The first-order valence-corrected chi connectivity index (χ1v) is 7.58. The second-order valence-corrected chi connectivity index (χ2v) is 5.91. The molecule has 0 saturated carbocycles. The molecule has 0 aliphatic carbocycles. The highest BCUT2D eigenvalue weighted by atomic mass is 35.5. The highest BCUT2D eigenvalue weighted by molar-refractivity contribution is 7.17. The third-order valence-corrected chi connectivity index (χ3v) is 4.40. The van der Waals surface area contributed by atoms with E-state index in [4.69, 9.17) is 22.1 Å². The third-order valence-electron chi connectivity index (χ3n) is 3.16. The number of ether oxygens (including phenoxy) is 1. The van der Waals surface area contributed by atoms with Gasteiger partial charge in [-0.3, -0.25) is 0 Å². The van der Waals surface area contributed by atoms with Crippen LogP contribution < -0.4 is 5.73 Å². The lowest BCUT2D eigenvalue weighted by Crippen LogP contribution is -2.08. The summed E-state index contributed by atoms with van der Waals surface area (Å²) in [6, 6.07) is 12.8. The Morgan fingerprint density at radius 3 is 2.90 bits per heavy atom. The number of halogens is 1. The molecule has 0 radical (unpaired) electrons. The van der Waals surface area contributed by atoms with Crippen molar-refractivity contribution in [3.05, 3.63) is 64.0 Å². The molecule has 0 saturated heterocycles. The zero-order chi connectivity index (χ0) is 14.8. The Kier molecular flexibility index (Phi) is 3.82. The van der Waals surface area contributed by atoms with Gasteiger partial charge in [-0.2, -0.15) is 0 Å². The zero-order valence-corrected chi connectivity index (χ0v) is 12.6. The molecule has 1 heterocycles. The molecule has 0 amide bonds. The summed E-state index contributed by atoms with van der Waals surface area (Å²) in [4.78, 5) is 12.1. The second kappa shape index (κ2) is 5.76. The lowest BCUT2D eigenvalue weighted by molar-refractivity contribution is 0.0476. The standard InChI is InChI=1S/C16H12ClNO2S/c17-11-5-6-14(18)13(7-11)16(19)20-8-10-9-21-15-4-2-1-3-12(10)15/h1-7,9H,8,18H2. The van der Waals surface area contributed by atoms with Crippen LogP contribution in [0.25, 0.3) is 10.1 Å². The Labute approximate surface area is 130 Å². The van der Waals surface area contributed by atoms with Gasteiger partial charge in [-0.1, -0.05) is 29.8 Å². The van der Waals surface area contributed by atoms with Crippen molar-refractivity contribution in [1.29, 1.82) is 0 Å². The number of esters is 1. The molecule has 3 nitrogen and oxygen atoms in total. The summed E-state index contributed by atoms with van der Waals surface area (Å²) in [5.74, 6) is -0.467. The highest BCUT2D eigenvalue weighted by Gasteiger charge is 2.13. The molecule has 5 heteroatoms. The van der Waals surface area contributed by atoms with Gasteiger partial charge in [-0.25, -0.2) is 4.79 Å². The number of hydrogen-bond acceptors (Lipinski definition) is 4. The van der Waals surface area contributed by atoms with Gasteiger partial charge >= 0.3 is 5.97 Å². The largest absolute Gasteiger partial charge is 0.457 e. The number of carbonyl (C=O) groups is 1. The number of nitrogen functional groups attached to an aromatic ring is 1. The van der Waals surface area contributed by atoms with Gasteiger partial charge in [0.25, 0.3) is 0 Å². The van der Waals surface area contributed by atoms with Gasteiger partial charge in [0.15, 0.2) is 0 Å². The van der Waals surface area contributed by atoms with E-state index in [-0.39, 0.29) is 6.61 Å². The Bertz CT molecular complexity index is 813. The van der Waals surface area contributed by atoms with Gasteiger partial charge in [-0.05, 0) is 35.0 Å². The number of carbonyl (C=O) groups excluding carboxylic acids is 1. The minimum absolute atomic E-state index is 0.217. The topological polar surface area (TPSA) is 52.3 Å². The zero-order valence-electron chi connectivity index (χ0n) is 11.0. The van der Waals surface area contributed by atoms with Crippen LogP contribution in [0, 0.1) is 0 Å². The highest BCUT2D eigenvalue weighted by Crippen LogP contribution is 2.26. The van der Waals surface area contributed by atoms with E-state index in [1.54, 1.807) is 23.5 Å². The number of thiophene rings is 1. The lowest BCUT2D eigenvalue weighted by Gasteiger charge is -2.07. The maximum absolute atomic E-state index is 12.1. The van der Waals surface area contributed by atoms with Gasteiger partial charge in [0.05, 0.1) is 5.56 Å². The number of anilines is 1. The van der Waals surface area contributed by atoms with Crippen molar-refractivity contribution in [3.8, 4) is 0 Å². The SMILES string of the molecule is Nc1ccc(Cl)cc1C(=O)OCc1csc2ccccc12. The predicted molar refractivity (Wildman–Crippen MR) is 86.8 cm³/mol. The molecular formula is C16H12ClNO2S. The summed E-state index contributed by atoms with van der Waals surface area (Å²) >= 11 is 7.51. The van der Waals surface area contributed by atoms with Gasteiger partial charge in [0.1, 0.15) is 6.61 Å². The van der Waals surface area contributed by atoms with Crippen molar-refractivity contribution in [1.82, 2.24) is 0 Å². The van der Waals surface area contributed by atoms with Crippen LogP contribution >= 0.6 is 22.9 Å². The Morgan fingerprint density at radius 2 is 2.05 bits per heavy atom. The van der Waals surface area contributed by atoms with Crippen LogP contribution in [0.1, 0.15) is 15.9 Å². The minimum Gasteiger partial charge on any atom is -0.457 e. The first-order chi connectivity index (χ1) is 10.1. The number of nitrogens with two attached hydrogens (primary N) is 1. The summed E-state index contributed by atoms with van der Waals surface area (Å²) < 4.78 is 6.52. The van der Waals surface area contributed by atoms with Crippen molar-refractivity contribution in [3.63, 3.8) is 0 Å². The lowest BCUT2D eigenvalue weighted by atomic mass is 10.2. The van der Waals surface area contributed by atoms with Gasteiger partial charge in [0.2, 0.25) is 0 Å². The first kappa shape index (κ1) is 13.9. The van der Waals surface area contributed by atoms with Crippen molar-refractivity contribution in [2.45, 2.75) is 6.61 Å². The molecule has 2 aromatic carbocycles. The normalized spacial score (nSPS) is 10.7. The summed E-state index contributed by atoms with van der Waals surface area (Å²) in [6.07, 6.45) is 0. The average Bonchev–Trinajstić information content (AvgIpc) is 2.90. The molecule has 3 rings (SSSR count). The van der Waals surface area contributed by atoms with E-state index in [9.17, 15) is 4.79 Å². The van der Waals surface area contributed by atoms with Gasteiger partial charge < -0.3 is 10.5 Å². The van der Waals surface area contributed by atoms with Crippen molar-refractivity contribution < 1.29 is 9.53 Å². The number of hydrogen-bond donors (Lipinski definition) is 1. The van der Waals surface area contributed by atoms with E-state index in [0.29, 0.717) is 16.3 Å². The molecule has 1 aromatic heterocycles. The maximum atomic E-state index is 12.1. The molecule has 0 fully saturated rings. The van der Waals surface area contributed by atoms with Crippen LogP contribution in [0.2, 0.25) is 5.02 Å². The van der Waals surface area contributed by atoms with E-state index >= 15 is 0 Å². The Balaban J connectivity index is 1.78. The molecular weight excluding hydrogens is 306 g/mol. The van der Waals surface area contributed by atoms with Crippen molar-refractivity contribution >= 4 is 44.7 Å². The minimum atomic E-state index is -0.467. The fourth-order valence-corrected chi connectivity index (χ4v) is 3.19. The molecule has 0 aliphatic rings. The van der Waals surface area contributed by atoms with E-state index in [1.807, 2.05) is 29.6 Å². The van der Waals surface area contributed by atoms with Gasteiger partial charge in [-0.15, -0.1) is 11.3 Å². The summed E-state index contributed by atoms with van der Waals surface area (Å²) in [5, 5.41) is 3.56. The van der Waals surface area contributed by atoms with E-state index < -0.39 is 5.97 Å². The summed E-state index contributed by atoms with van der Waals surface area (Å²) in [7, 11) is 0. The van der Waals surface area contributed by atoms with Crippen molar-refractivity contribution in [2.75, 3.05) is 5.73 Å². The van der Waals surface area contributed by atoms with Crippen LogP contribution in [-0.2, 0) is 11.3 Å². The van der Waals surface area contributed by atoms with Crippen LogP contribution in [0.15, 0.2) is 47.8 Å². The van der Waals surface area contributed by atoms with E-state index in [0.717, 1.165) is 10.9 Å². The van der Waals surface area contributed by atoms with Crippen LogP contribution in [0.4, 0.5) is 5.69 Å². The molecule has 0 bridgehead atoms. The fourth-order valence-electron chi connectivity index (χ4n) is 2.07. The summed E-state index contributed by atoms with van der Waals surface area (Å²) in [6.45, 7) is 0.217. The molecule has 0 spiro atoms. The molecule has 106 valence electrons. The maximum Gasteiger partial charge on any atom is 0.340 e. The van der Waals surface area contributed by atoms with E-state index in [2.05, 4.69) is 0 Å². The number of rotatable bonds is 3. The van der Waals surface area contributed by atoms with E-state index in [1.165, 1.54) is 10.8 Å². The molecule has 0 aliphatic heterocycles. The smallest absolute Gasteiger partial charge is 0.340 e.